The van der Waals surface area contributed by atoms with Crippen molar-refractivity contribution in [2.24, 2.45) is 0 Å². The molecule has 0 spiro atoms. The van der Waals surface area contributed by atoms with Crippen molar-refractivity contribution < 1.29 is 0 Å². The van der Waals surface area contributed by atoms with Crippen LogP contribution in [-0.2, 0) is 6.42 Å². The lowest BCUT2D eigenvalue weighted by Crippen LogP contribution is -2.24. The Bertz CT molecular complexity index is 316. The van der Waals surface area contributed by atoms with Crippen molar-refractivity contribution in [2.75, 3.05) is 25.5 Å². The Morgan fingerprint density at radius 1 is 1.53 bits per heavy atom. The van der Waals surface area contributed by atoms with Crippen molar-refractivity contribution in [2.45, 2.75) is 25.3 Å². The molecule has 0 radical (unpaired) electrons. The van der Waals surface area contributed by atoms with Crippen LogP contribution in [0.25, 0.3) is 0 Å². The zero-order valence-corrected chi connectivity index (χ0v) is 9.53. The second-order valence-corrected chi connectivity index (χ2v) is 4.40. The molecule has 0 aromatic carbocycles. The van der Waals surface area contributed by atoms with Gasteiger partial charge in [0.25, 0.3) is 0 Å². The van der Waals surface area contributed by atoms with E-state index in [9.17, 15) is 0 Å². The van der Waals surface area contributed by atoms with Gasteiger partial charge in [-0.05, 0) is 31.5 Å². The van der Waals surface area contributed by atoms with E-state index in [0.29, 0.717) is 6.04 Å². The van der Waals surface area contributed by atoms with E-state index in [1.807, 2.05) is 12.3 Å². The number of anilines is 1. The standard InChI is InChI=1S/C12H19N3/c1-15(2)12-5-7-14-11(9-12)8-10-4-3-6-13-10/h5,7,9-10,13H,3-4,6,8H2,1-2H3/t10-/m0/s1. The zero-order valence-electron chi connectivity index (χ0n) is 9.53. The normalized spacial score (nSPS) is 20.5. The van der Waals surface area contributed by atoms with Gasteiger partial charge in [-0.25, -0.2) is 0 Å². The first-order chi connectivity index (χ1) is 7.25. The molecule has 0 saturated carbocycles. The lowest BCUT2D eigenvalue weighted by molar-refractivity contribution is 0.595. The first-order valence-electron chi connectivity index (χ1n) is 5.61. The second kappa shape index (κ2) is 4.62. The lowest BCUT2D eigenvalue weighted by atomic mass is 10.1. The van der Waals surface area contributed by atoms with Crippen LogP contribution < -0.4 is 10.2 Å². The largest absolute Gasteiger partial charge is 0.378 e. The van der Waals surface area contributed by atoms with E-state index in [2.05, 4.69) is 35.4 Å². The Balaban J connectivity index is 2.04. The highest BCUT2D eigenvalue weighted by Gasteiger charge is 2.15. The SMILES string of the molecule is CN(C)c1ccnc(C[C@@H]2CCCN2)c1. The summed E-state index contributed by atoms with van der Waals surface area (Å²) in [5.74, 6) is 0. The molecule has 3 nitrogen and oxygen atoms in total. The lowest BCUT2D eigenvalue weighted by Gasteiger charge is -2.14. The van der Waals surface area contributed by atoms with Crippen molar-refractivity contribution in [1.82, 2.24) is 10.3 Å². The highest BCUT2D eigenvalue weighted by Crippen LogP contribution is 2.15. The second-order valence-electron chi connectivity index (χ2n) is 4.40. The minimum atomic E-state index is 0.634. The predicted molar refractivity (Wildman–Crippen MR) is 63.3 cm³/mol. The molecule has 1 aromatic rings. The van der Waals surface area contributed by atoms with E-state index in [0.717, 1.165) is 13.0 Å². The molecule has 0 aliphatic carbocycles. The first kappa shape index (κ1) is 10.4. The molecule has 1 N–H and O–H groups in total. The predicted octanol–water partition coefficient (Wildman–Crippen LogP) is 1.44. The van der Waals surface area contributed by atoms with Gasteiger partial charge in [-0.2, -0.15) is 0 Å². The highest BCUT2D eigenvalue weighted by atomic mass is 15.1. The summed E-state index contributed by atoms with van der Waals surface area (Å²) in [5.41, 5.74) is 2.43. The summed E-state index contributed by atoms with van der Waals surface area (Å²) in [5, 5.41) is 3.50. The quantitative estimate of drug-likeness (QED) is 0.809. The van der Waals surface area contributed by atoms with Crippen LogP contribution in [0.4, 0.5) is 5.69 Å². The summed E-state index contributed by atoms with van der Waals surface area (Å²) in [6.07, 6.45) is 5.55. The molecule has 2 heterocycles. The highest BCUT2D eigenvalue weighted by molar-refractivity contribution is 5.44. The summed E-state index contributed by atoms with van der Waals surface area (Å²) in [7, 11) is 4.12. The van der Waals surface area contributed by atoms with Crippen molar-refractivity contribution >= 4 is 5.69 Å². The van der Waals surface area contributed by atoms with Gasteiger partial charge in [-0.15, -0.1) is 0 Å². The molecule has 1 aliphatic rings. The molecular weight excluding hydrogens is 186 g/mol. The number of hydrogen-bond donors (Lipinski definition) is 1. The molecule has 15 heavy (non-hydrogen) atoms. The Morgan fingerprint density at radius 3 is 3.07 bits per heavy atom. The van der Waals surface area contributed by atoms with E-state index < -0.39 is 0 Å². The molecule has 1 fully saturated rings. The van der Waals surface area contributed by atoms with Crippen molar-refractivity contribution in [3.8, 4) is 0 Å². The Morgan fingerprint density at radius 2 is 2.40 bits per heavy atom. The van der Waals surface area contributed by atoms with Crippen LogP contribution in [0.3, 0.4) is 0 Å². The number of pyridine rings is 1. The maximum absolute atomic E-state index is 4.42. The Kier molecular flexibility index (Phi) is 3.21. The number of aromatic nitrogens is 1. The molecular formula is C12H19N3. The van der Waals surface area contributed by atoms with Crippen LogP contribution in [-0.4, -0.2) is 31.7 Å². The Hall–Kier alpha value is -1.09. The molecule has 1 saturated heterocycles. The third kappa shape index (κ3) is 2.69. The van der Waals surface area contributed by atoms with Crippen LogP contribution in [0.1, 0.15) is 18.5 Å². The average molecular weight is 205 g/mol. The number of hydrogen-bond acceptors (Lipinski definition) is 3. The number of nitrogens with zero attached hydrogens (tertiary/aromatic N) is 2. The van der Waals surface area contributed by atoms with E-state index in [4.69, 9.17) is 0 Å². The fourth-order valence-electron chi connectivity index (χ4n) is 2.04. The van der Waals surface area contributed by atoms with Crippen LogP contribution >= 0.6 is 0 Å². The van der Waals surface area contributed by atoms with Crippen LogP contribution in [0.2, 0.25) is 0 Å². The monoisotopic (exact) mass is 205 g/mol. The van der Waals surface area contributed by atoms with E-state index in [1.54, 1.807) is 0 Å². The number of nitrogens with one attached hydrogen (secondary N) is 1. The van der Waals surface area contributed by atoms with Crippen molar-refractivity contribution in [3.63, 3.8) is 0 Å². The fourth-order valence-corrected chi connectivity index (χ4v) is 2.04. The third-order valence-corrected chi connectivity index (χ3v) is 2.93. The molecule has 0 unspecified atom stereocenters. The minimum absolute atomic E-state index is 0.634. The molecule has 1 atom stereocenters. The van der Waals surface area contributed by atoms with Gasteiger partial charge in [0.05, 0.1) is 0 Å². The number of rotatable bonds is 3. The molecule has 1 aliphatic heterocycles. The van der Waals surface area contributed by atoms with Gasteiger partial charge < -0.3 is 10.2 Å². The van der Waals surface area contributed by atoms with Gasteiger partial charge in [-0.1, -0.05) is 0 Å². The van der Waals surface area contributed by atoms with Gasteiger partial charge in [0.15, 0.2) is 0 Å². The summed E-state index contributed by atoms with van der Waals surface area (Å²) in [6.45, 7) is 1.16. The maximum Gasteiger partial charge on any atom is 0.0439 e. The van der Waals surface area contributed by atoms with E-state index in [-0.39, 0.29) is 0 Å². The fraction of sp³-hybridized carbons (Fsp3) is 0.583. The summed E-state index contributed by atoms with van der Waals surface area (Å²) < 4.78 is 0. The van der Waals surface area contributed by atoms with Gasteiger partial charge >= 0.3 is 0 Å². The summed E-state index contributed by atoms with van der Waals surface area (Å²) in [6, 6.07) is 4.86. The molecule has 1 aromatic heterocycles. The smallest absolute Gasteiger partial charge is 0.0439 e. The van der Waals surface area contributed by atoms with Gasteiger partial charge in [-0.3, -0.25) is 4.98 Å². The Labute approximate surface area is 91.5 Å². The van der Waals surface area contributed by atoms with Crippen LogP contribution in [0, 0.1) is 0 Å². The van der Waals surface area contributed by atoms with Gasteiger partial charge in [0.1, 0.15) is 0 Å². The first-order valence-corrected chi connectivity index (χ1v) is 5.61. The molecule has 3 heteroatoms. The topological polar surface area (TPSA) is 28.2 Å². The zero-order chi connectivity index (χ0) is 10.7. The summed E-state index contributed by atoms with van der Waals surface area (Å²) in [4.78, 5) is 6.54. The van der Waals surface area contributed by atoms with Gasteiger partial charge in [0, 0.05) is 44.1 Å². The van der Waals surface area contributed by atoms with Crippen LogP contribution in [0.5, 0.6) is 0 Å². The molecule has 0 bridgehead atoms. The maximum atomic E-state index is 4.42. The van der Waals surface area contributed by atoms with Gasteiger partial charge in [0.2, 0.25) is 0 Å². The average Bonchev–Trinajstić information content (AvgIpc) is 2.71. The minimum Gasteiger partial charge on any atom is -0.378 e. The molecule has 0 amide bonds. The van der Waals surface area contributed by atoms with Crippen molar-refractivity contribution in [1.29, 1.82) is 0 Å². The summed E-state index contributed by atoms with van der Waals surface area (Å²) >= 11 is 0. The molecule has 82 valence electrons. The van der Waals surface area contributed by atoms with E-state index >= 15 is 0 Å². The van der Waals surface area contributed by atoms with Crippen LogP contribution in [0.15, 0.2) is 18.3 Å². The van der Waals surface area contributed by atoms with E-state index in [1.165, 1.54) is 24.2 Å². The molecule has 2 rings (SSSR count). The third-order valence-electron chi connectivity index (χ3n) is 2.93. The van der Waals surface area contributed by atoms with Crippen molar-refractivity contribution in [3.05, 3.63) is 24.0 Å².